The molecule has 4 rings (SSSR count). The van der Waals surface area contributed by atoms with E-state index in [4.69, 9.17) is 9.97 Å². The Hall–Kier alpha value is -3.46. The summed E-state index contributed by atoms with van der Waals surface area (Å²) < 4.78 is 0. The molecule has 0 saturated carbocycles. The van der Waals surface area contributed by atoms with E-state index in [2.05, 4.69) is 30.1 Å². The smallest absolute Gasteiger partial charge is 0.243 e. The van der Waals surface area contributed by atoms with Gasteiger partial charge < -0.3 is 10.2 Å². The Morgan fingerprint density at radius 3 is 2.34 bits per heavy atom. The number of hydrogen-bond donors (Lipinski definition) is 1. The van der Waals surface area contributed by atoms with Crippen LogP contribution in [-0.4, -0.2) is 35.5 Å². The molecule has 0 radical (unpaired) electrons. The highest BCUT2D eigenvalue weighted by atomic mass is 16.1. The second kappa shape index (κ2) is 9.78. The molecule has 1 fully saturated rings. The topological polar surface area (TPSA) is 81.9 Å². The molecule has 1 amide bonds. The van der Waals surface area contributed by atoms with E-state index < -0.39 is 5.92 Å². The fourth-order valence-corrected chi connectivity index (χ4v) is 4.59. The number of nitriles is 1. The maximum atomic E-state index is 13.0. The van der Waals surface area contributed by atoms with Crippen molar-refractivity contribution in [2.75, 3.05) is 24.5 Å². The number of carbonyl (C=O) groups is 1. The molecule has 1 N–H and O–H groups in total. The first-order valence-electron chi connectivity index (χ1n) is 11.3. The molecule has 1 aliphatic rings. The molecule has 1 aromatic heterocycles. The van der Waals surface area contributed by atoms with E-state index in [9.17, 15) is 10.1 Å². The van der Waals surface area contributed by atoms with E-state index in [1.54, 1.807) is 0 Å². The van der Waals surface area contributed by atoms with Crippen molar-refractivity contribution in [1.82, 2.24) is 15.3 Å². The van der Waals surface area contributed by atoms with Crippen molar-refractivity contribution in [3.63, 3.8) is 0 Å². The van der Waals surface area contributed by atoms with Gasteiger partial charge in [0.15, 0.2) is 11.7 Å². The van der Waals surface area contributed by atoms with Gasteiger partial charge in [0.2, 0.25) is 5.91 Å². The average molecular weight is 428 g/mol. The van der Waals surface area contributed by atoms with Crippen LogP contribution in [0.3, 0.4) is 0 Å². The molecule has 0 unspecified atom stereocenters. The number of piperidine rings is 1. The number of aromatic nitrogens is 2. The Labute approximate surface area is 189 Å². The first kappa shape index (κ1) is 21.8. The lowest BCUT2D eigenvalue weighted by atomic mass is 9.91. The van der Waals surface area contributed by atoms with Crippen molar-refractivity contribution < 1.29 is 4.79 Å². The molecule has 2 aromatic carbocycles. The zero-order valence-corrected chi connectivity index (χ0v) is 18.7. The molecule has 164 valence electrons. The van der Waals surface area contributed by atoms with Gasteiger partial charge in [-0.05, 0) is 42.4 Å². The van der Waals surface area contributed by atoms with Crippen molar-refractivity contribution in [3.8, 4) is 6.07 Å². The number of hydrogen-bond acceptors (Lipinski definition) is 5. The third kappa shape index (κ3) is 4.88. The summed E-state index contributed by atoms with van der Waals surface area (Å²) in [6.07, 6.45) is 1.87. The number of fused-ring (bicyclic) bond motifs is 1. The molecule has 3 aromatic rings. The molecular formula is C26H29N5O. The molecule has 1 aliphatic heterocycles. The predicted molar refractivity (Wildman–Crippen MR) is 126 cm³/mol. The van der Waals surface area contributed by atoms with Crippen LogP contribution in [0.4, 0.5) is 5.82 Å². The van der Waals surface area contributed by atoms with E-state index in [0.717, 1.165) is 30.6 Å². The number of para-hydroxylation sites is 2. The van der Waals surface area contributed by atoms with Crippen molar-refractivity contribution >= 4 is 22.8 Å². The first-order chi connectivity index (χ1) is 15.5. The number of carbonyl (C=O) groups excluding carboxylic acids is 1. The van der Waals surface area contributed by atoms with Crippen molar-refractivity contribution in [3.05, 3.63) is 65.9 Å². The SMILES string of the molecule is C[C@@H]1C[C@@H](C)CN(c2nc3ccccc3nc2[C@H](C#N)C(=O)NCCc2ccccc2)C1. The zero-order chi connectivity index (χ0) is 22.5. The fraction of sp³-hybridized carbons (Fsp3) is 0.385. The van der Waals surface area contributed by atoms with E-state index in [-0.39, 0.29) is 5.91 Å². The maximum absolute atomic E-state index is 13.0. The summed E-state index contributed by atoms with van der Waals surface area (Å²) in [5.74, 6) is 0.352. The molecule has 0 bridgehead atoms. The quantitative estimate of drug-likeness (QED) is 0.641. The molecule has 32 heavy (non-hydrogen) atoms. The second-order valence-electron chi connectivity index (χ2n) is 8.86. The van der Waals surface area contributed by atoms with E-state index in [1.807, 2.05) is 54.6 Å². The summed E-state index contributed by atoms with van der Waals surface area (Å²) in [6, 6.07) is 19.8. The van der Waals surface area contributed by atoms with Gasteiger partial charge in [0.25, 0.3) is 0 Å². The number of benzene rings is 2. The van der Waals surface area contributed by atoms with Crippen LogP contribution in [0.15, 0.2) is 54.6 Å². The average Bonchev–Trinajstić information content (AvgIpc) is 2.79. The van der Waals surface area contributed by atoms with E-state index in [0.29, 0.717) is 41.8 Å². The van der Waals surface area contributed by atoms with Gasteiger partial charge in [0.1, 0.15) is 5.69 Å². The molecular weight excluding hydrogens is 398 g/mol. The second-order valence-corrected chi connectivity index (χ2v) is 8.86. The van der Waals surface area contributed by atoms with Gasteiger partial charge in [-0.2, -0.15) is 5.26 Å². The van der Waals surface area contributed by atoms with Crippen LogP contribution in [0, 0.1) is 23.2 Å². The highest BCUT2D eigenvalue weighted by Crippen LogP contribution is 2.31. The van der Waals surface area contributed by atoms with Gasteiger partial charge >= 0.3 is 0 Å². The molecule has 1 saturated heterocycles. The molecule has 6 heteroatoms. The standard InChI is InChI=1S/C26H29N5O/c1-18-14-19(2)17-31(16-18)25-24(29-22-10-6-7-11-23(22)30-25)21(15-27)26(32)28-13-12-20-8-4-3-5-9-20/h3-11,18-19,21H,12-14,16-17H2,1-2H3,(H,28,32)/t18-,19-,21+/m1/s1. The van der Waals surface area contributed by atoms with Crippen LogP contribution in [-0.2, 0) is 11.2 Å². The monoisotopic (exact) mass is 427 g/mol. The van der Waals surface area contributed by atoms with E-state index in [1.165, 1.54) is 0 Å². The van der Waals surface area contributed by atoms with Crippen molar-refractivity contribution in [2.45, 2.75) is 32.6 Å². The Balaban J connectivity index is 1.62. The zero-order valence-electron chi connectivity index (χ0n) is 18.7. The highest BCUT2D eigenvalue weighted by Gasteiger charge is 2.31. The van der Waals surface area contributed by atoms with E-state index >= 15 is 0 Å². The third-order valence-corrected chi connectivity index (χ3v) is 5.97. The van der Waals surface area contributed by atoms with Crippen molar-refractivity contribution in [2.24, 2.45) is 11.8 Å². The lowest BCUT2D eigenvalue weighted by molar-refractivity contribution is -0.121. The van der Waals surface area contributed by atoms with Crippen LogP contribution in [0.2, 0.25) is 0 Å². The minimum atomic E-state index is -1.01. The van der Waals surface area contributed by atoms with Crippen LogP contribution >= 0.6 is 0 Å². The summed E-state index contributed by atoms with van der Waals surface area (Å²) in [7, 11) is 0. The summed E-state index contributed by atoms with van der Waals surface area (Å²) >= 11 is 0. The highest BCUT2D eigenvalue weighted by molar-refractivity contribution is 5.88. The molecule has 6 nitrogen and oxygen atoms in total. The number of anilines is 1. The summed E-state index contributed by atoms with van der Waals surface area (Å²) in [4.78, 5) is 24.9. The summed E-state index contributed by atoms with van der Waals surface area (Å²) in [5.41, 5.74) is 3.06. The molecule has 3 atom stereocenters. The minimum Gasteiger partial charge on any atom is -0.355 e. The Bertz CT molecular complexity index is 1110. The Morgan fingerprint density at radius 2 is 1.69 bits per heavy atom. The lowest BCUT2D eigenvalue weighted by Gasteiger charge is -2.36. The van der Waals surface area contributed by atoms with Crippen molar-refractivity contribution in [1.29, 1.82) is 5.26 Å². The predicted octanol–water partition coefficient (Wildman–Crippen LogP) is 4.08. The normalized spacial score (nSPS) is 19.3. The van der Waals surface area contributed by atoms with Gasteiger partial charge in [-0.25, -0.2) is 9.97 Å². The molecule has 0 aliphatic carbocycles. The Kier molecular flexibility index (Phi) is 6.65. The Morgan fingerprint density at radius 1 is 1.06 bits per heavy atom. The number of nitrogens with zero attached hydrogens (tertiary/aromatic N) is 4. The first-order valence-corrected chi connectivity index (χ1v) is 11.3. The van der Waals surface area contributed by atoms with Crippen LogP contribution in [0.5, 0.6) is 0 Å². The number of nitrogens with one attached hydrogen (secondary N) is 1. The minimum absolute atomic E-state index is 0.327. The van der Waals surface area contributed by atoms with Crippen LogP contribution in [0.1, 0.15) is 37.4 Å². The van der Waals surface area contributed by atoms with Crippen LogP contribution < -0.4 is 10.2 Å². The van der Waals surface area contributed by atoms with Gasteiger partial charge in [-0.3, -0.25) is 4.79 Å². The lowest BCUT2D eigenvalue weighted by Crippen LogP contribution is -2.40. The summed E-state index contributed by atoms with van der Waals surface area (Å²) in [6.45, 7) is 6.62. The molecule has 2 heterocycles. The number of amides is 1. The number of rotatable bonds is 6. The van der Waals surface area contributed by atoms with Gasteiger partial charge in [0, 0.05) is 19.6 Å². The van der Waals surface area contributed by atoms with Gasteiger partial charge in [-0.1, -0.05) is 56.3 Å². The fourth-order valence-electron chi connectivity index (χ4n) is 4.59. The molecule has 0 spiro atoms. The summed E-state index contributed by atoms with van der Waals surface area (Å²) in [5, 5.41) is 12.9. The van der Waals surface area contributed by atoms with Gasteiger partial charge in [0.05, 0.1) is 17.1 Å². The van der Waals surface area contributed by atoms with Crippen LogP contribution in [0.25, 0.3) is 11.0 Å². The van der Waals surface area contributed by atoms with Gasteiger partial charge in [-0.15, -0.1) is 0 Å². The maximum Gasteiger partial charge on any atom is 0.243 e. The third-order valence-electron chi connectivity index (χ3n) is 5.97. The largest absolute Gasteiger partial charge is 0.355 e.